The molecule has 0 radical (unpaired) electrons. The maximum Gasteiger partial charge on any atom is 0.287 e. The minimum Gasteiger partial charge on any atom is -0.348 e. The van der Waals surface area contributed by atoms with E-state index in [1.165, 1.54) is 33.3 Å². The van der Waals surface area contributed by atoms with Crippen molar-refractivity contribution in [2.24, 2.45) is 5.92 Å². The van der Waals surface area contributed by atoms with Crippen molar-refractivity contribution in [2.75, 3.05) is 5.75 Å². The Hall–Kier alpha value is -4.46. The lowest BCUT2D eigenvalue weighted by molar-refractivity contribution is -0.394. The fraction of sp³-hybridized carbons (Fsp3) is 0.346. The van der Waals surface area contributed by atoms with E-state index >= 15 is 0 Å². The van der Waals surface area contributed by atoms with Crippen LogP contribution in [-0.4, -0.2) is 56.5 Å². The first-order valence-corrected chi connectivity index (χ1v) is 13.9. The molecule has 40 heavy (non-hydrogen) atoms. The summed E-state index contributed by atoms with van der Waals surface area (Å²) in [6.45, 7) is 4.54. The van der Waals surface area contributed by atoms with Crippen LogP contribution < -0.4 is 5.32 Å². The number of carbonyl (C=O) groups is 2. The van der Waals surface area contributed by atoms with Crippen molar-refractivity contribution in [1.29, 1.82) is 0 Å². The summed E-state index contributed by atoms with van der Waals surface area (Å²) in [5.41, 5.74) is -1.32. The van der Waals surface area contributed by atoms with Crippen LogP contribution in [0.15, 0.2) is 61.1 Å². The fourth-order valence-electron chi connectivity index (χ4n) is 4.02. The van der Waals surface area contributed by atoms with Crippen LogP contribution in [0.25, 0.3) is 0 Å². The minimum atomic E-state index is -3.80. The van der Waals surface area contributed by atoms with Crippen LogP contribution in [-0.2, 0) is 27.5 Å². The summed E-state index contributed by atoms with van der Waals surface area (Å²) in [6.07, 6.45) is 2.47. The van der Waals surface area contributed by atoms with Gasteiger partial charge in [-0.2, -0.15) is 0 Å². The number of aromatic amines is 1. The van der Waals surface area contributed by atoms with Crippen LogP contribution in [0.3, 0.4) is 0 Å². The molecule has 0 saturated heterocycles. The van der Waals surface area contributed by atoms with E-state index in [4.69, 9.17) is 0 Å². The van der Waals surface area contributed by atoms with Crippen molar-refractivity contribution in [3.63, 3.8) is 0 Å². The average Bonchev–Trinajstić information content (AvgIpc) is 3.40. The number of aromatic nitrogens is 2. The molecule has 212 valence electrons. The molecule has 0 aliphatic rings. The van der Waals surface area contributed by atoms with Gasteiger partial charge in [0.2, 0.25) is 5.91 Å². The SMILES string of the molecule is CC(C)(C)S(=O)(=O)CC(Cc1ccccc1)C(=O)NC(Cc1cnc[nH]1)C(=O)c1c([N+](=O)[O-])cccc1[N+](=O)[O-]. The molecule has 0 saturated carbocycles. The van der Waals surface area contributed by atoms with Crippen molar-refractivity contribution < 1.29 is 27.9 Å². The highest BCUT2D eigenvalue weighted by atomic mass is 32.2. The van der Waals surface area contributed by atoms with E-state index in [-0.39, 0.29) is 12.8 Å². The van der Waals surface area contributed by atoms with Gasteiger partial charge in [0.25, 0.3) is 11.4 Å². The number of nitro groups is 2. The van der Waals surface area contributed by atoms with Gasteiger partial charge in [0, 0.05) is 30.4 Å². The first-order valence-electron chi connectivity index (χ1n) is 12.2. The van der Waals surface area contributed by atoms with Crippen molar-refractivity contribution in [3.05, 3.63) is 98.1 Å². The van der Waals surface area contributed by atoms with Crippen LogP contribution in [0.5, 0.6) is 0 Å². The standard InChI is InChI=1S/C26H29N5O8S/c1-26(2,3)40(38,39)15-18(12-17-8-5-4-6-9-17)25(33)29-20(13-19-14-27-16-28-19)24(32)23-21(30(34)35)10-7-11-22(23)31(36)37/h4-11,14,16,18,20H,12-13,15H2,1-3H3,(H,27,28)(H,29,33). The van der Waals surface area contributed by atoms with Crippen LogP contribution >= 0.6 is 0 Å². The molecule has 0 fully saturated rings. The molecule has 3 rings (SSSR count). The zero-order valence-corrected chi connectivity index (χ0v) is 22.9. The lowest BCUT2D eigenvalue weighted by Gasteiger charge is -2.25. The van der Waals surface area contributed by atoms with Gasteiger partial charge in [0.15, 0.2) is 21.2 Å². The van der Waals surface area contributed by atoms with Crippen molar-refractivity contribution >= 4 is 32.9 Å². The molecule has 2 unspecified atom stereocenters. The molecule has 1 amide bonds. The van der Waals surface area contributed by atoms with Gasteiger partial charge >= 0.3 is 0 Å². The zero-order chi connectivity index (χ0) is 29.7. The Balaban J connectivity index is 2.05. The molecule has 1 heterocycles. The number of carbonyl (C=O) groups excluding carboxylic acids is 2. The largest absolute Gasteiger partial charge is 0.348 e. The van der Waals surface area contributed by atoms with Crippen molar-refractivity contribution in [2.45, 2.75) is 44.4 Å². The lowest BCUT2D eigenvalue weighted by atomic mass is 9.95. The van der Waals surface area contributed by atoms with Crippen molar-refractivity contribution in [3.8, 4) is 0 Å². The second kappa shape index (κ2) is 12.2. The number of benzene rings is 2. The lowest BCUT2D eigenvalue weighted by Crippen LogP contribution is -2.48. The summed E-state index contributed by atoms with van der Waals surface area (Å²) in [4.78, 5) is 55.5. The maximum atomic E-state index is 13.7. The number of nitro benzene ring substituents is 2. The number of nitrogens with one attached hydrogen (secondary N) is 2. The zero-order valence-electron chi connectivity index (χ0n) is 22.1. The molecule has 1 aromatic heterocycles. The minimum absolute atomic E-state index is 0.0264. The van der Waals surface area contributed by atoms with Gasteiger partial charge in [-0.1, -0.05) is 30.3 Å². The quantitative estimate of drug-likeness (QED) is 0.186. The van der Waals surface area contributed by atoms with Gasteiger partial charge in [0.1, 0.15) is 0 Å². The Kier molecular flexibility index (Phi) is 9.14. The number of imidazole rings is 1. The van der Waals surface area contributed by atoms with E-state index in [1.54, 1.807) is 30.3 Å². The predicted octanol–water partition coefficient (Wildman–Crippen LogP) is 3.21. The third-order valence-corrected chi connectivity index (χ3v) is 9.03. The third kappa shape index (κ3) is 7.14. The summed E-state index contributed by atoms with van der Waals surface area (Å²) in [7, 11) is -3.80. The van der Waals surface area contributed by atoms with Crippen molar-refractivity contribution in [1.82, 2.24) is 15.3 Å². The molecule has 2 aromatic carbocycles. The number of ketones is 1. The van der Waals surface area contributed by atoms with E-state index in [0.29, 0.717) is 11.3 Å². The number of H-pyrrole nitrogens is 1. The first-order chi connectivity index (χ1) is 18.7. The summed E-state index contributed by atoms with van der Waals surface area (Å²) >= 11 is 0. The second-order valence-electron chi connectivity index (χ2n) is 10.2. The molecule has 2 atom stereocenters. The number of sulfone groups is 1. The monoisotopic (exact) mass is 571 g/mol. The van der Waals surface area contributed by atoms with E-state index in [2.05, 4.69) is 15.3 Å². The highest BCUT2D eigenvalue weighted by Crippen LogP contribution is 2.30. The van der Waals surface area contributed by atoms with E-state index in [9.17, 15) is 38.2 Å². The number of nitrogens with zero attached hydrogens (tertiary/aromatic N) is 3. The smallest absolute Gasteiger partial charge is 0.287 e. The average molecular weight is 572 g/mol. The number of rotatable bonds is 12. The highest BCUT2D eigenvalue weighted by molar-refractivity contribution is 7.92. The van der Waals surface area contributed by atoms with Gasteiger partial charge in [-0.05, 0) is 38.8 Å². The summed E-state index contributed by atoms with van der Waals surface area (Å²) in [5, 5.41) is 25.9. The Morgan fingerprint density at radius 1 is 0.975 bits per heavy atom. The highest BCUT2D eigenvalue weighted by Gasteiger charge is 2.38. The van der Waals surface area contributed by atoms with Gasteiger partial charge < -0.3 is 10.3 Å². The maximum absolute atomic E-state index is 13.7. The Morgan fingerprint density at radius 3 is 2.08 bits per heavy atom. The number of hydrogen-bond acceptors (Lipinski definition) is 9. The van der Waals surface area contributed by atoms with Crippen LogP contribution in [0.1, 0.15) is 42.4 Å². The molecule has 3 aromatic rings. The van der Waals surface area contributed by atoms with Gasteiger partial charge in [0.05, 0.1) is 38.6 Å². The Morgan fingerprint density at radius 2 is 1.57 bits per heavy atom. The van der Waals surface area contributed by atoms with Crippen LogP contribution in [0, 0.1) is 26.1 Å². The van der Waals surface area contributed by atoms with Gasteiger partial charge in [-0.3, -0.25) is 29.8 Å². The summed E-state index contributed by atoms with van der Waals surface area (Å²) in [5.74, 6) is -3.53. The normalized spacial score (nSPS) is 13.3. The van der Waals surface area contributed by atoms with Gasteiger partial charge in [-0.25, -0.2) is 13.4 Å². The molecule has 2 N–H and O–H groups in total. The predicted molar refractivity (Wildman–Crippen MR) is 145 cm³/mol. The number of hydrogen-bond donors (Lipinski definition) is 2. The number of Topliss-reactive ketones (excluding diaryl/α,β-unsaturated/α-hetero) is 1. The summed E-state index contributed by atoms with van der Waals surface area (Å²) < 4.78 is 25.0. The summed E-state index contributed by atoms with van der Waals surface area (Å²) in [6, 6.07) is 10.2. The topological polar surface area (TPSA) is 195 Å². The fourth-order valence-corrected chi connectivity index (χ4v) is 5.31. The molecule has 14 heteroatoms. The van der Waals surface area contributed by atoms with Crippen LogP contribution in [0.4, 0.5) is 11.4 Å². The molecule has 0 aliphatic heterocycles. The Bertz CT molecular complexity index is 1470. The molecule has 13 nitrogen and oxygen atoms in total. The number of amides is 1. The molecular formula is C26H29N5O8S. The molecule has 0 bridgehead atoms. The second-order valence-corrected chi connectivity index (χ2v) is 13.0. The van der Waals surface area contributed by atoms with Gasteiger partial charge in [-0.15, -0.1) is 0 Å². The Labute approximate surface area is 230 Å². The molecular weight excluding hydrogens is 542 g/mol. The molecule has 0 aliphatic carbocycles. The third-order valence-electron chi connectivity index (χ3n) is 6.32. The van der Waals surface area contributed by atoms with E-state index in [1.807, 2.05) is 0 Å². The molecule has 0 spiro atoms. The van der Waals surface area contributed by atoms with Crippen LogP contribution in [0.2, 0.25) is 0 Å². The van der Waals surface area contributed by atoms with E-state index < -0.39 is 70.8 Å². The first kappa shape index (κ1) is 30.1. The van der Waals surface area contributed by atoms with E-state index in [0.717, 1.165) is 18.2 Å².